The number of nitrogens with one attached hydrogen (secondary N) is 1. The van der Waals surface area contributed by atoms with Gasteiger partial charge in [0.2, 0.25) is 0 Å². The smallest absolute Gasteiger partial charge is 0.389 e. The molecular weight excluding hydrogens is 946 g/mol. The van der Waals surface area contributed by atoms with Gasteiger partial charge in [0.25, 0.3) is 13.4 Å². The second-order valence-corrected chi connectivity index (χ2v) is 21.1. The number of carbonyl (C=O) groups excluding carboxylic acids is 1. The molecule has 3 aliphatic heterocycles. The number of esters is 1. The number of phosphoric acid groups is 1. The van der Waals surface area contributed by atoms with Crippen molar-refractivity contribution in [2.75, 3.05) is 25.6 Å². The lowest BCUT2D eigenvalue weighted by atomic mass is 10.1. The summed E-state index contributed by atoms with van der Waals surface area (Å²) in [6, 6.07) is 13.6. The lowest BCUT2D eigenvalue weighted by Gasteiger charge is -2.31. The van der Waals surface area contributed by atoms with Crippen LogP contribution in [0.15, 0.2) is 83.0 Å². The molecule has 6 heterocycles. The van der Waals surface area contributed by atoms with Crippen LogP contribution < -0.4 is 31.3 Å². The van der Waals surface area contributed by atoms with E-state index in [0.717, 1.165) is 37.8 Å². The van der Waals surface area contributed by atoms with Gasteiger partial charge in [-0.1, -0.05) is 51.2 Å². The van der Waals surface area contributed by atoms with E-state index in [4.69, 9.17) is 42.8 Å². The summed E-state index contributed by atoms with van der Waals surface area (Å²) in [5.74, 6) is 0.0191. The highest BCUT2D eigenvalue weighted by Crippen LogP contribution is 2.64. The summed E-state index contributed by atoms with van der Waals surface area (Å²) >= 11 is 0.561. The third kappa shape index (κ3) is 11.5. The number of aromatic amines is 1. The number of imidazole rings is 1. The number of benzene rings is 2. The molecule has 0 spiro atoms. The summed E-state index contributed by atoms with van der Waals surface area (Å²) in [5.41, 5.74) is 4.96. The topological polar surface area (TPSA) is 273 Å². The molecule has 0 radical (unpaired) electrons. The van der Waals surface area contributed by atoms with Crippen LogP contribution in [-0.4, -0.2) is 91.6 Å². The third-order valence-corrected chi connectivity index (χ3v) is 15.6. The number of nitrogens with zero attached hydrogens (tertiary/aromatic N) is 5. The Labute approximate surface area is 384 Å². The molecule has 0 saturated carbocycles. The normalized spacial score (nSPS) is 28.8. The number of H-pyrrole nitrogens is 1. The molecule has 0 amide bonds. The van der Waals surface area contributed by atoms with Gasteiger partial charge in [-0.25, -0.2) is 37.9 Å². The molecule has 360 valence electrons. The van der Waals surface area contributed by atoms with E-state index in [0.29, 0.717) is 33.9 Å². The number of ether oxygens (including phenoxy) is 4. The van der Waals surface area contributed by atoms with Crippen LogP contribution in [0.1, 0.15) is 73.8 Å². The number of hydrogen-bond acceptors (Lipinski definition) is 19. The number of fused-ring (bicyclic) bond motifs is 4. The number of phosphoric ester groups is 1. The van der Waals surface area contributed by atoms with Crippen molar-refractivity contribution in [1.82, 2.24) is 29.1 Å². The molecule has 3 N–H and O–H groups in total. The number of nitrogen functional groups attached to an aromatic ring is 1. The lowest BCUT2D eigenvalue weighted by Crippen LogP contribution is -2.36. The second kappa shape index (κ2) is 21.2. The van der Waals surface area contributed by atoms with E-state index in [1.54, 1.807) is 36.4 Å². The molecule has 10 atom stereocenters. The van der Waals surface area contributed by atoms with Crippen LogP contribution >= 0.6 is 26.0 Å². The zero-order valence-electron chi connectivity index (χ0n) is 35.7. The summed E-state index contributed by atoms with van der Waals surface area (Å²) in [4.78, 5) is 64.9. The number of carbonyl (C=O) groups is 1. The van der Waals surface area contributed by atoms with Crippen LogP contribution in [0.5, 0.6) is 11.5 Å². The molecule has 3 aromatic heterocycles. The van der Waals surface area contributed by atoms with Crippen molar-refractivity contribution in [3.63, 3.8) is 0 Å². The molecule has 2 aromatic carbocycles. The minimum Gasteiger partial charge on any atom is -0.756 e. The fourth-order valence-electron chi connectivity index (χ4n) is 7.52. The maximum absolute atomic E-state index is 16.5. The maximum Gasteiger partial charge on any atom is 0.389 e. The molecule has 21 nitrogen and oxygen atoms in total. The lowest BCUT2D eigenvalue weighted by molar-refractivity contribution is -0.236. The highest BCUT2D eigenvalue weighted by Gasteiger charge is 2.54. The Kier molecular flexibility index (Phi) is 15.4. The Morgan fingerprint density at radius 1 is 0.866 bits per heavy atom. The van der Waals surface area contributed by atoms with Crippen molar-refractivity contribution in [1.29, 1.82) is 0 Å². The Bertz CT molecular complexity index is 2730. The van der Waals surface area contributed by atoms with E-state index in [-0.39, 0.29) is 34.0 Å². The van der Waals surface area contributed by atoms with Gasteiger partial charge >= 0.3 is 18.5 Å². The average molecular weight is 993 g/mol. The predicted octanol–water partition coefficient (Wildman–Crippen LogP) is 5.72. The molecule has 3 fully saturated rings. The first-order valence-electron chi connectivity index (χ1n) is 21.3. The molecule has 3 aliphatic rings. The molecule has 8 rings (SSSR count). The first-order chi connectivity index (χ1) is 32.2. The first-order valence-corrected chi connectivity index (χ1v) is 25.9. The Morgan fingerprint density at radius 2 is 1.58 bits per heavy atom. The van der Waals surface area contributed by atoms with E-state index in [9.17, 15) is 28.4 Å². The molecule has 67 heavy (non-hydrogen) atoms. The van der Waals surface area contributed by atoms with Crippen LogP contribution in [-0.2, 0) is 42.5 Å². The summed E-state index contributed by atoms with van der Waals surface area (Å²) in [6.07, 6.45) is -5.38. The standard InChI is InChI=1S/C41H47F2N7O14P2S/c1-2-3-4-5-6-7-18-57-26-14-10-25(11-15-26)40(52)60-27-12-8-24(9-13-27)21-67-66(56)59-19-28-31(42)35(39(61-28)50-23-47-33-36(44)45-22-46-37(33)50)63-65(54,55)58-20-29-34(64-66)32(43)38(62-29)49-17-16-30(51)48-41(49)53/h8-17,22-23,28-29,31-32,34-35,38-39H,2-7,18-21H2,1H3,(H,54,55)(H2,44,45,46)(H,48,51,53)/p-1/t28-,29-,31-,32-,34-,35-,38-,39-,66?/m1/s1. The molecule has 3 saturated heterocycles. The molecule has 5 aromatic rings. The zero-order chi connectivity index (χ0) is 47.3. The summed E-state index contributed by atoms with van der Waals surface area (Å²) in [5, 5.41) is 0. The number of nitrogens with two attached hydrogens (primary N) is 1. The van der Waals surface area contributed by atoms with Crippen molar-refractivity contribution >= 4 is 49.0 Å². The van der Waals surface area contributed by atoms with Gasteiger partial charge in [0.1, 0.15) is 47.8 Å². The van der Waals surface area contributed by atoms with Gasteiger partial charge in [0.05, 0.1) is 31.7 Å². The number of rotatable bonds is 15. The predicted molar refractivity (Wildman–Crippen MR) is 234 cm³/mol. The number of hydrogen-bond donors (Lipinski definition) is 2. The SMILES string of the molecule is CCCCCCCCOc1ccc(C(=O)Oc2ccc(CSP3(=O)OC[C@H]4O[C@@H](n5cnc6c(N)ncnc65)[C@H](OP(=O)([O-])OC[C@H]5O[C@@H](n6ccc(=O)[nH]c6=O)[C@H](F)[C@@H]5O3)[C@@H]4F)cc2)cc1. The van der Waals surface area contributed by atoms with Gasteiger partial charge in [-0.2, -0.15) is 0 Å². The summed E-state index contributed by atoms with van der Waals surface area (Å²) < 4.78 is 108. The number of alkyl halides is 2. The minimum absolute atomic E-state index is 0.0332. The van der Waals surface area contributed by atoms with E-state index in [2.05, 4.69) is 21.9 Å². The van der Waals surface area contributed by atoms with Crippen molar-refractivity contribution in [3.8, 4) is 11.5 Å². The fraction of sp³-hybridized carbons (Fsp3) is 0.463. The van der Waals surface area contributed by atoms with Crippen LogP contribution in [0.3, 0.4) is 0 Å². The number of anilines is 1. The molecular formula is C41H46F2N7O14P2S-. The number of aromatic nitrogens is 6. The first kappa shape index (κ1) is 48.6. The Hall–Kier alpha value is -4.87. The molecule has 26 heteroatoms. The molecule has 2 unspecified atom stereocenters. The van der Waals surface area contributed by atoms with Crippen molar-refractivity contribution < 1.29 is 64.6 Å². The highest BCUT2D eigenvalue weighted by molar-refractivity contribution is 8.54. The quantitative estimate of drug-likeness (QED) is 0.0549. The number of halogens is 2. The van der Waals surface area contributed by atoms with Crippen LogP contribution in [0.2, 0.25) is 0 Å². The van der Waals surface area contributed by atoms with Gasteiger partial charge in [0.15, 0.2) is 36.3 Å². The van der Waals surface area contributed by atoms with Crippen molar-refractivity contribution in [2.24, 2.45) is 0 Å². The third-order valence-electron chi connectivity index (χ3n) is 11.0. The van der Waals surface area contributed by atoms with Gasteiger partial charge in [-0.3, -0.25) is 32.5 Å². The van der Waals surface area contributed by atoms with Gasteiger partial charge in [0, 0.05) is 18.0 Å². The Balaban J connectivity index is 0.988. The van der Waals surface area contributed by atoms with E-state index >= 15 is 8.78 Å². The Morgan fingerprint density at radius 3 is 2.34 bits per heavy atom. The van der Waals surface area contributed by atoms with E-state index in [1.807, 2.05) is 4.98 Å². The monoisotopic (exact) mass is 992 g/mol. The van der Waals surface area contributed by atoms with Crippen LogP contribution in [0, 0.1) is 0 Å². The second-order valence-electron chi connectivity index (χ2n) is 15.7. The zero-order valence-corrected chi connectivity index (χ0v) is 38.3. The van der Waals surface area contributed by atoms with Gasteiger partial charge < -0.3 is 38.6 Å². The number of unbranched alkanes of at least 4 members (excludes halogenated alkanes) is 5. The fourth-order valence-corrected chi connectivity index (χ4v) is 11.8. The highest BCUT2D eigenvalue weighted by atomic mass is 32.7. The molecule has 2 bridgehead atoms. The van der Waals surface area contributed by atoms with E-state index in [1.165, 1.54) is 42.4 Å². The largest absolute Gasteiger partial charge is 0.756 e. The maximum atomic E-state index is 16.5. The van der Waals surface area contributed by atoms with Gasteiger partial charge in [-0.05, 0) is 59.8 Å². The average Bonchev–Trinajstić information content (AvgIpc) is 3.97. The summed E-state index contributed by atoms with van der Waals surface area (Å²) in [6.45, 7) is -3.84. The summed E-state index contributed by atoms with van der Waals surface area (Å²) in [7, 11) is -5.54. The van der Waals surface area contributed by atoms with E-state index < -0.39 is 94.3 Å². The van der Waals surface area contributed by atoms with Gasteiger partial charge in [-0.15, -0.1) is 0 Å². The minimum atomic E-state index is -5.54. The van der Waals surface area contributed by atoms with Crippen molar-refractivity contribution in [2.45, 2.75) is 100 Å². The van der Waals surface area contributed by atoms with Crippen LogP contribution in [0.4, 0.5) is 14.6 Å². The van der Waals surface area contributed by atoms with Crippen molar-refractivity contribution in [3.05, 3.63) is 105 Å². The molecule has 0 aliphatic carbocycles. The van der Waals surface area contributed by atoms with Crippen LogP contribution in [0.25, 0.3) is 11.2 Å².